The third-order valence-corrected chi connectivity index (χ3v) is 4.39. The molecule has 1 aliphatic heterocycles. The van der Waals surface area contributed by atoms with Crippen molar-refractivity contribution in [2.24, 2.45) is 0 Å². The molecule has 0 radical (unpaired) electrons. The van der Waals surface area contributed by atoms with Crippen LogP contribution in [0.15, 0.2) is 18.2 Å². The fourth-order valence-corrected chi connectivity index (χ4v) is 3.05. The number of alkyl halides is 1. The minimum absolute atomic E-state index is 0.228. The lowest BCUT2D eigenvalue weighted by Crippen LogP contribution is -2.20. The molecule has 2 rings (SSSR count). The highest BCUT2D eigenvalue weighted by atomic mass is 35.5. The predicted molar refractivity (Wildman–Crippen MR) is 82.1 cm³/mol. The maximum Gasteiger partial charge on any atom is 0.0575 e. The van der Waals surface area contributed by atoms with Crippen LogP contribution in [-0.4, -0.2) is 18.1 Å². The van der Waals surface area contributed by atoms with Crippen LogP contribution >= 0.6 is 11.6 Å². The summed E-state index contributed by atoms with van der Waals surface area (Å²) in [4.78, 5) is 0. The van der Waals surface area contributed by atoms with Gasteiger partial charge in [-0.2, -0.15) is 0 Å². The molecule has 0 N–H and O–H groups in total. The Morgan fingerprint density at radius 1 is 1.32 bits per heavy atom. The number of hydrogen-bond donors (Lipinski definition) is 0. The van der Waals surface area contributed by atoms with Crippen molar-refractivity contribution in [1.82, 2.24) is 0 Å². The first-order chi connectivity index (χ1) is 9.15. The van der Waals surface area contributed by atoms with Crippen molar-refractivity contribution in [2.45, 2.75) is 63.9 Å². The highest BCUT2D eigenvalue weighted by Crippen LogP contribution is 2.22. The van der Waals surface area contributed by atoms with E-state index in [-0.39, 0.29) is 5.38 Å². The average molecular weight is 281 g/mol. The van der Waals surface area contributed by atoms with Crippen molar-refractivity contribution < 1.29 is 4.74 Å². The Bertz CT molecular complexity index is 396. The van der Waals surface area contributed by atoms with Crippen LogP contribution in [0.25, 0.3) is 0 Å². The van der Waals surface area contributed by atoms with Crippen LogP contribution in [0.4, 0.5) is 0 Å². The van der Waals surface area contributed by atoms with Crippen LogP contribution in [0.2, 0.25) is 0 Å². The Morgan fingerprint density at radius 2 is 2.16 bits per heavy atom. The molecule has 0 saturated carbocycles. The largest absolute Gasteiger partial charge is 0.378 e. The molecular formula is C17H25ClO. The van der Waals surface area contributed by atoms with E-state index in [1.54, 1.807) is 0 Å². The number of benzene rings is 1. The van der Waals surface area contributed by atoms with Crippen LogP contribution in [0, 0.1) is 13.8 Å². The lowest BCUT2D eigenvalue weighted by molar-refractivity contribution is 0.0100. The van der Waals surface area contributed by atoms with Gasteiger partial charge in [0.2, 0.25) is 0 Å². The van der Waals surface area contributed by atoms with Gasteiger partial charge in [0.05, 0.1) is 6.10 Å². The first-order valence-electron chi connectivity index (χ1n) is 7.47. The molecule has 1 aromatic carbocycles. The summed E-state index contributed by atoms with van der Waals surface area (Å²) in [6.45, 7) is 5.25. The SMILES string of the molecule is Cc1ccc(C)c(CC(Cl)CCC2CCCCO2)c1. The highest BCUT2D eigenvalue weighted by molar-refractivity contribution is 6.20. The van der Waals surface area contributed by atoms with Gasteiger partial charge in [-0.15, -0.1) is 11.6 Å². The molecule has 1 heterocycles. The lowest BCUT2D eigenvalue weighted by Gasteiger charge is -2.23. The molecule has 2 unspecified atom stereocenters. The topological polar surface area (TPSA) is 9.23 Å². The molecule has 0 bridgehead atoms. The predicted octanol–water partition coefficient (Wildman–Crippen LogP) is 4.80. The van der Waals surface area contributed by atoms with Gasteiger partial charge in [0.25, 0.3) is 0 Å². The Kier molecular flexibility index (Phi) is 5.72. The van der Waals surface area contributed by atoms with Crippen LogP contribution in [-0.2, 0) is 11.2 Å². The number of hydrogen-bond acceptors (Lipinski definition) is 1. The van der Waals surface area contributed by atoms with E-state index < -0.39 is 0 Å². The molecule has 1 aliphatic rings. The summed E-state index contributed by atoms with van der Waals surface area (Å²) in [7, 11) is 0. The van der Waals surface area contributed by atoms with Gasteiger partial charge in [0.15, 0.2) is 0 Å². The summed E-state index contributed by atoms with van der Waals surface area (Å²) in [5.74, 6) is 0. The quantitative estimate of drug-likeness (QED) is 0.704. The van der Waals surface area contributed by atoms with Crippen LogP contribution in [0.1, 0.15) is 48.8 Å². The maximum atomic E-state index is 6.50. The summed E-state index contributed by atoms with van der Waals surface area (Å²) in [5.41, 5.74) is 4.06. The van der Waals surface area contributed by atoms with E-state index in [4.69, 9.17) is 16.3 Å². The second kappa shape index (κ2) is 7.31. The van der Waals surface area contributed by atoms with Crippen molar-refractivity contribution in [3.8, 4) is 0 Å². The van der Waals surface area contributed by atoms with Gasteiger partial charge in [-0.1, -0.05) is 23.8 Å². The molecule has 0 spiro atoms. The van der Waals surface area contributed by atoms with Gasteiger partial charge in [0.1, 0.15) is 0 Å². The van der Waals surface area contributed by atoms with E-state index in [0.29, 0.717) is 6.10 Å². The van der Waals surface area contributed by atoms with E-state index in [1.165, 1.54) is 36.0 Å². The Labute approximate surface area is 122 Å². The number of rotatable bonds is 5. The monoisotopic (exact) mass is 280 g/mol. The van der Waals surface area contributed by atoms with E-state index >= 15 is 0 Å². The molecule has 0 aromatic heterocycles. The second-order valence-electron chi connectivity index (χ2n) is 5.80. The molecular weight excluding hydrogens is 256 g/mol. The Hall–Kier alpha value is -0.530. The lowest BCUT2D eigenvalue weighted by atomic mass is 9.97. The molecule has 2 heteroatoms. The smallest absolute Gasteiger partial charge is 0.0575 e. The number of halogens is 1. The van der Waals surface area contributed by atoms with Crippen molar-refractivity contribution in [1.29, 1.82) is 0 Å². The van der Waals surface area contributed by atoms with Gasteiger partial charge < -0.3 is 4.74 Å². The zero-order valence-electron chi connectivity index (χ0n) is 12.1. The summed E-state index contributed by atoms with van der Waals surface area (Å²) >= 11 is 6.50. The molecule has 1 aromatic rings. The molecule has 106 valence electrons. The van der Waals surface area contributed by atoms with E-state index in [0.717, 1.165) is 25.9 Å². The van der Waals surface area contributed by atoms with E-state index in [2.05, 4.69) is 32.0 Å². The normalized spacial score (nSPS) is 21.3. The molecule has 1 saturated heterocycles. The molecule has 1 nitrogen and oxygen atoms in total. The molecule has 0 aliphatic carbocycles. The summed E-state index contributed by atoms with van der Waals surface area (Å²) in [6, 6.07) is 6.62. The minimum Gasteiger partial charge on any atom is -0.378 e. The standard InChI is InChI=1S/C17H25ClO/c1-13-6-7-14(2)15(11-13)12-16(18)8-9-17-5-3-4-10-19-17/h6-7,11,16-17H,3-5,8-10,12H2,1-2H3. The van der Waals surface area contributed by atoms with Crippen LogP contribution in [0.3, 0.4) is 0 Å². The first kappa shape index (κ1) is 14.9. The molecule has 1 fully saturated rings. The second-order valence-corrected chi connectivity index (χ2v) is 6.41. The number of aryl methyl sites for hydroxylation is 2. The molecule has 0 amide bonds. The average Bonchev–Trinajstić information content (AvgIpc) is 2.42. The first-order valence-corrected chi connectivity index (χ1v) is 7.90. The fraction of sp³-hybridized carbons (Fsp3) is 0.647. The Morgan fingerprint density at radius 3 is 2.89 bits per heavy atom. The van der Waals surface area contributed by atoms with E-state index in [9.17, 15) is 0 Å². The number of ether oxygens (including phenoxy) is 1. The summed E-state index contributed by atoms with van der Waals surface area (Å²) in [6.07, 6.45) is 7.35. The summed E-state index contributed by atoms with van der Waals surface area (Å²) in [5, 5.41) is 0.228. The summed E-state index contributed by atoms with van der Waals surface area (Å²) < 4.78 is 5.76. The molecule has 19 heavy (non-hydrogen) atoms. The van der Waals surface area contributed by atoms with Gasteiger partial charge in [-0.3, -0.25) is 0 Å². The Balaban J connectivity index is 1.80. The van der Waals surface area contributed by atoms with Crippen molar-refractivity contribution in [2.75, 3.05) is 6.61 Å². The zero-order valence-corrected chi connectivity index (χ0v) is 12.9. The van der Waals surface area contributed by atoms with Crippen molar-refractivity contribution >= 4 is 11.6 Å². The minimum atomic E-state index is 0.228. The van der Waals surface area contributed by atoms with Gasteiger partial charge in [0, 0.05) is 12.0 Å². The van der Waals surface area contributed by atoms with Crippen molar-refractivity contribution in [3.63, 3.8) is 0 Å². The molecule has 2 atom stereocenters. The third-order valence-electron chi connectivity index (χ3n) is 4.02. The van der Waals surface area contributed by atoms with E-state index in [1.807, 2.05) is 0 Å². The van der Waals surface area contributed by atoms with Gasteiger partial charge in [-0.05, 0) is 63.5 Å². The fourth-order valence-electron chi connectivity index (χ4n) is 2.76. The zero-order chi connectivity index (χ0) is 13.7. The highest BCUT2D eigenvalue weighted by Gasteiger charge is 2.16. The van der Waals surface area contributed by atoms with Crippen LogP contribution in [0.5, 0.6) is 0 Å². The van der Waals surface area contributed by atoms with Gasteiger partial charge in [-0.25, -0.2) is 0 Å². The van der Waals surface area contributed by atoms with Crippen molar-refractivity contribution in [3.05, 3.63) is 34.9 Å². The van der Waals surface area contributed by atoms with Crippen LogP contribution < -0.4 is 0 Å². The van der Waals surface area contributed by atoms with Gasteiger partial charge >= 0.3 is 0 Å². The maximum absolute atomic E-state index is 6.50. The third kappa shape index (κ3) is 4.81.